The number of hydrogen-bond donors (Lipinski definition) is 1. The maximum absolute atomic E-state index is 5.41. The van der Waals surface area contributed by atoms with E-state index in [2.05, 4.69) is 36.6 Å². The number of thiophene rings is 1. The number of nitrogens with one attached hydrogen (secondary N) is 1. The van der Waals surface area contributed by atoms with Gasteiger partial charge < -0.3 is 15.0 Å². The minimum absolute atomic E-state index is 0.373. The summed E-state index contributed by atoms with van der Waals surface area (Å²) in [7, 11) is 1.79. The van der Waals surface area contributed by atoms with Crippen molar-refractivity contribution in [3.8, 4) is 6.01 Å². The number of ether oxygens (including phenoxy) is 1. The van der Waals surface area contributed by atoms with Gasteiger partial charge >= 0.3 is 6.01 Å². The van der Waals surface area contributed by atoms with Crippen molar-refractivity contribution in [3.63, 3.8) is 0 Å². The quantitative estimate of drug-likeness (QED) is 0.929. The molecular weight excluding hydrogens is 274 g/mol. The number of anilines is 2. The lowest BCUT2D eigenvalue weighted by molar-refractivity contribution is 0.312. The summed E-state index contributed by atoms with van der Waals surface area (Å²) >= 11 is 1.82. The van der Waals surface area contributed by atoms with E-state index in [0.29, 0.717) is 24.5 Å². The largest absolute Gasteiger partial charge is 0.464 e. The Bertz CT molecular complexity index is 600. The summed E-state index contributed by atoms with van der Waals surface area (Å²) in [4.78, 5) is 16.7. The predicted molar refractivity (Wildman–Crippen MR) is 79.6 cm³/mol. The van der Waals surface area contributed by atoms with E-state index < -0.39 is 0 Å². The average Bonchev–Trinajstić information content (AvgIpc) is 2.94. The van der Waals surface area contributed by atoms with Gasteiger partial charge in [0.1, 0.15) is 0 Å². The van der Waals surface area contributed by atoms with Gasteiger partial charge in [0.15, 0.2) is 0 Å². The Morgan fingerprint density at radius 3 is 3.10 bits per heavy atom. The molecule has 0 unspecified atom stereocenters. The highest BCUT2D eigenvalue weighted by molar-refractivity contribution is 7.10. The van der Waals surface area contributed by atoms with Crippen LogP contribution < -0.4 is 15.0 Å². The topological polar surface area (TPSA) is 63.2 Å². The molecule has 6 nitrogen and oxygen atoms in total. The van der Waals surface area contributed by atoms with Crippen molar-refractivity contribution in [2.45, 2.75) is 19.9 Å². The molecule has 0 amide bonds. The summed E-state index contributed by atoms with van der Waals surface area (Å²) in [5.41, 5.74) is 1.37. The standard InChI is InChI=1S/C13H17N5OS/c1-3-19-13-16-11(14-2)15-12(17-13)18-6-4-10-9(8-18)5-7-20-10/h5,7H,3-4,6,8H2,1-2H3,(H,14,15,16,17). The monoisotopic (exact) mass is 291 g/mol. The zero-order valence-electron chi connectivity index (χ0n) is 11.6. The van der Waals surface area contributed by atoms with Gasteiger partial charge in [0.05, 0.1) is 6.61 Å². The van der Waals surface area contributed by atoms with Crippen LogP contribution in [0.15, 0.2) is 11.4 Å². The molecule has 0 bridgehead atoms. The van der Waals surface area contributed by atoms with Gasteiger partial charge in [-0.15, -0.1) is 11.3 Å². The predicted octanol–water partition coefficient (Wildman–Crippen LogP) is 1.94. The summed E-state index contributed by atoms with van der Waals surface area (Å²) in [6.45, 7) is 4.23. The Kier molecular flexibility index (Phi) is 3.68. The maximum Gasteiger partial charge on any atom is 0.323 e. The fourth-order valence-corrected chi connectivity index (χ4v) is 3.10. The highest BCUT2D eigenvalue weighted by atomic mass is 32.1. The van der Waals surface area contributed by atoms with E-state index in [1.165, 1.54) is 10.4 Å². The molecule has 0 spiro atoms. The lowest BCUT2D eigenvalue weighted by atomic mass is 10.1. The van der Waals surface area contributed by atoms with Crippen LogP contribution in [0.5, 0.6) is 6.01 Å². The number of aromatic nitrogens is 3. The van der Waals surface area contributed by atoms with Gasteiger partial charge in [-0.05, 0) is 30.4 Å². The fourth-order valence-electron chi connectivity index (χ4n) is 2.21. The molecule has 2 aromatic heterocycles. The Morgan fingerprint density at radius 1 is 1.40 bits per heavy atom. The van der Waals surface area contributed by atoms with Crippen LogP contribution in [0.25, 0.3) is 0 Å². The molecule has 0 radical (unpaired) electrons. The van der Waals surface area contributed by atoms with Crippen LogP contribution in [-0.4, -0.2) is 35.2 Å². The Labute approximate surface area is 121 Å². The molecule has 1 aliphatic heterocycles. The molecule has 0 atom stereocenters. The molecule has 1 N–H and O–H groups in total. The normalized spacial score (nSPS) is 14.0. The van der Waals surface area contributed by atoms with Gasteiger partial charge in [-0.2, -0.15) is 15.0 Å². The first kappa shape index (κ1) is 13.1. The molecule has 1 aliphatic rings. The minimum atomic E-state index is 0.373. The molecule has 7 heteroatoms. The Balaban J connectivity index is 1.88. The van der Waals surface area contributed by atoms with Gasteiger partial charge in [-0.3, -0.25) is 0 Å². The van der Waals surface area contributed by atoms with E-state index in [1.807, 2.05) is 18.3 Å². The lowest BCUT2D eigenvalue weighted by Crippen LogP contribution is -2.31. The zero-order chi connectivity index (χ0) is 13.9. The van der Waals surface area contributed by atoms with Crippen molar-refractivity contribution < 1.29 is 4.74 Å². The molecule has 2 aromatic rings. The second-order valence-electron chi connectivity index (χ2n) is 4.47. The van der Waals surface area contributed by atoms with Crippen LogP contribution in [0.4, 0.5) is 11.9 Å². The van der Waals surface area contributed by atoms with Gasteiger partial charge in [0.2, 0.25) is 11.9 Å². The van der Waals surface area contributed by atoms with Crippen molar-refractivity contribution in [1.29, 1.82) is 0 Å². The molecular formula is C13H17N5OS. The van der Waals surface area contributed by atoms with Gasteiger partial charge in [-0.25, -0.2) is 0 Å². The van der Waals surface area contributed by atoms with Crippen molar-refractivity contribution in [1.82, 2.24) is 15.0 Å². The molecule has 20 heavy (non-hydrogen) atoms. The van der Waals surface area contributed by atoms with E-state index in [1.54, 1.807) is 7.05 Å². The third-order valence-electron chi connectivity index (χ3n) is 3.19. The van der Waals surface area contributed by atoms with Crippen LogP contribution in [0.2, 0.25) is 0 Å². The minimum Gasteiger partial charge on any atom is -0.464 e. The van der Waals surface area contributed by atoms with E-state index in [9.17, 15) is 0 Å². The van der Waals surface area contributed by atoms with E-state index in [-0.39, 0.29) is 0 Å². The van der Waals surface area contributed by atoms with Crippen molar-refractivity contribution >= 4 is 23.2 Å². The van der Waals surface area contributed by atoms with Crippen LogP contribution in [0, 0.1) is 0 Å². The molecule has 0 aliphatic carbocycles. The van der Waals surface area contributed by atoms with Crippen molar-refractivity contribution in [3.05, 3.63) is 21.9 Å². The van der Waals surface area contributed by atoms with E-state index in [4.69, 9.17) is 4.74 Å². The molecule has 106 valence electrons. The summed E-state index contributed by atoms with van der Waals surface area (Å²) in [6, 6.07) is 2.55. The lowest BCUT2D eigenvalue weighted by Gasteiger charge is -2.27. The van der Waals surface area contributed by atoms with Crippen LogP contribution in [0.3, 0.4) is 0 Å². The molecule has 3 rings (SSSR count). The summed E-state index contributed by atoms with van der Waals surface area (Å²) in [5.74, 6) is 1.21. The summed E-state index contributed by atoms with van der Waals surface area (Å²) in [5, 5.41) is 5.10. The first-order valence-corrected chi connectivity index (χ1v) is 7.55. The first-order valence-electron chi connectivity index (χ1n) is 6.67. The second-order valence-corrected chi connectivity index (χ2v) is 5.47. The second kappa shape index (κ2) is 5.62. The van der Waals surface area contributed by atoms with Crippen molar-refractivity contribution in [2.24, 2.45) is 0 Å². The molecule has 0 fully saturated rings. The van der Waals surface area contributed by atoms with Gasteiger partial charge in [-0.1, -0.05) is 0 Å². The number of nitrogens with zero attached hydrogens (tertiary/aromatic N) is 4. The summed E-state index contributed by atoms with van der Waals surface area (Å²) < 4.78 is 5.41. The van der Waals surface area contributed by atoms with E-state index >= 15 is 0 Å². The SMILES string of the molecule is CCOc1nc(NC)nc(N2CCc3sccc3C2)n1. The van der Waals surface area contributed by atoms with Gasteiger partial charge in [0, 0.05) is 25.0 Å². The molecule has 0 saturated heterocycles. The van der Waals surface area contributed by atoms with Crippen LogP contribution in [-0.2, 0) is 13.0 Å². The van der Waals surface area contributed by atoms with E-state index in [0.717, 1.165) is 19.5 Å². The average molecular weight is 291 g/mol. The zero-order valence-corrected chi connectivity index (χ0v) is 12.4. The fraction of sp³-hybridized carbons (Fsp3) is 0.462. The highest BCUT2D eigenvalue weighted by Gasteiger charge is 2.20. The number of fused-ring (bicyclic) bond motifs is 1. The van der Waals surface area contributed by atoms with Gasteiger partial charge in [0.25, 0.3) is 0 Å². The highest BCUT2D eigenvalue weighted by Crippen LogP contribution is 2.27. The smallest absolute Gasteiger partial charge is 0.323 e. The Hall–Kier alpha value is -1.89. The number of rotatable bonds is 4. The number of hydrogen-bond acceptors (Lipinski definition) is 7. The summed E-state index contributed by atoms with van der Waals surface area (Å²) in [6.07, 6.45) is 1.04. The third kappa shape index (κ3) is 2.53. The van der Waals surface area contributed by atoms with Crippen molar-refractivity contribution in [2.75, 3.05) is 30.4 Å². The maximum atomic E-state index is 5.41. The molecule has 3 heterocycles. The molecule has 0 aromatic carbocycles. The first-order chi connectivity index (χ1) is 9.80. The molecule has 0 saturated carbocycles. The van der Waals surface area contributed by atoms with Crippen LogP contribution >= 0.6 is 11.3 Å². The van der Waals surface area contributed by atoms with Crippen LogP contribution in [0.1, 0.15) is 17.4 Å². The third-order valence-corrected chi connectivity index (χ3v) is 4.21. The Morgan fingerprint density at radius 2 is 2.30 bits per heavy atom.